The number of rotatable bonds is 10. The van der Waals surface area contributed by atoms with Gasteiger partial charge in [-0.3, -0.25) is 9.59 Å². The highest BCUT2D eigenvalue weighted by molar-refractivity contribution is 6.35. The summed E-state index contributed by atoms with van der Waals surface area (Å²) >= 11 is 13.1. The summed E-state index contributed by atoms with van der Waals surface area (Å²) < 4.78 is 29.0. The quantitative estimate of drug-likeness (QED) is 0.138. The molecule has 2 saturated heterocycles. The molecule has 10 nitrogen and oxygen atoms in total. The topological polar surface area (TPSA) is 86.4 Å². The van der Waals surface area contributed by atoms with E-state index in [1.54, 1.807) is 19.1 Å². The van der Waals surface area contributed by atoms with E-state index in [0.717, 1.165) is 43.2 Å². The third-order valence-corrected chi connectivity index (χ3v) is 9.63. The Morgan fingerprint density at radius 2 is 1.65 bits per heavy atom. The fraction of sp³-hybridized carbons (Fsp3) is 0.410. The van der Waals surface area contributed by atoms with E-state index in [9.17, 15) is 9.59 Å². The summed E-state index contributed by atoms with van der Waals surface area (Å²) in [6, 6.07) is 20.9. The molecule has 2 aliphatic rings. The number of piperazine rings is 1. The number of anilines is 1. The first-order valence-electron chi connectivity index (χ1n) is 17.2. The van der Waals surface area contributed by atoms with Gasteiger partial charge in [0, 0.05) is 55.8 Å². The molecule has 4 aromatic rings. The van der Waals surface area contributed by atoms with Gasteiger partial charge in [-0.25, -0.2) is 9.13 Å². The first-order chi connectivity index (χ1) is 24.4. The van der Waals surface area contributed by atoms with Crippen molar-refractivity contribution in [2.24, 2.45) is 5.41 Å². The molecule has 52 heavy (non-hydrogen) atoms. The number of carbonyl (C=O) groups excluding carboxylic acids is 2. The predicted octanol–water partition coefficient (Wildman–Crippen LogP) is 3.49. The molecule has 2 atom stereocenters. The molecule has 0 bridgehead atoms. The SMILES string of the molecule is CC(=O)N1CCN(c2ccc(OC[C@@H]3CCO[C@](Cn4cc[n+](Cc5ccc(OC(=O)C(C)(C)C)cc5)c4)(c4ccc(Cl)cc4Cl)O3)cc2)CC1.[Br-]. The van der Waals surface area contributed by atoms with Crippen molar-refractivity contribution in [3.63, 3.8) is 0 Å². The summed E-state index contributed by atoms with van der Waals surface area (Å²) in [6.07, 6.45) is 6.34. The highest BCUT2D eigenvalue weighted by Gasteiger charge is 2.44. The number of benzene rings is 3. The first kappa shape index (κ1) is 39.6. The molecule has 0 spiro atoms. The van der Waals surface area contributed by atoms with Crippen LogP contribution in [0.3, 0.4) is 0 Å². The minimum atomic E-state index is -1.19. The minimum Gasteiger partial charge on any atom is -1.00 e. The van der Waals surface area contributed by atoms with Crippen LogP contribution in [0.5, 0.6) is 11.5 Å². The molecule has 3 heterocycles. The summed E-state index contributed by atoms with van der Waals surface area (Å²) in [5.74, 6) is -0.0719. The third kappa shape index (κ3) is 9.87. The van der Waals surface area contributed by atoms with Crippen LogP contribution in [-0.2, 0) is 37.9 Å². The highest BCUT2D eigenvalue weighted by Crippen LogP contribution is 2.40. The largest absolute Gasteiger partial charge is 1.00 e. The second-order valence-corrected chi connectivity index (χ2v) is 14.9. The van der Waals surface area contributed by atoms with Crippen molar-refractivity contribution in [3.05, 3.63) is 107 Å². The zero-order valence-corrected chi connectivity index (χ0v) is 33.0. The van der Waals surface area contributed by atoms with Gasteiger partial charge in [-0.15, -0.1) is 0 Å². The maximum absolute atomic E-state index is 12.3. The molecule has 0 radical (unpaired) electrons. The van der Waals surface area contributed by atoms with E-state index in [0.29, 0.717) is 54.1 Å². The Morgan fingerprint density at radius 3 is 2.31 bits per heavy atom. The molecule has 0 N–H and O–H groups in total. The van der Waals surface area contributed by atoms with Gasteiger partial charge in [-0.2, -0.15) is 0 Å². The van der Waals surface area contributed by atoms with Crippen LogP contribution < -0.4 is 35.9 Å². The number of hydrogen-bond donors (Lipinski definition) is 0. The smallest absolute Gasteiger partial charge is 0.316 e. The van der Waals surface area contributed by atoms with Crippen molar-refractivity contribution >= 4 is 40.8 Å². The molecule has 1 aromatic heterocycles. The van der Waals surface area contributed by atoms with Crippen LogP contribution in [0.2, 0.25) is 10.0 Å². The van der Waals surface area contributed by atoms with E-state index in [4.69, 9.17) is 42.1 Å². The molecular weight excluding hydrogens is 771 g/mol. The number of halogens is 3. The van der Waals surface area contributed by atoms with Crippen molar-refractivity contribution in [1.29, 1.82) is 0 Å². The van der Waals surface area contributed by atoms with Gasteiger partial charge in [-0.05, 0) is 74.9 Å². The fourth-order valence-corrected chi connectivity index (χ4v) is 6.72. The maximum atomic E-state index is 12.3. The second kappa shape index (κ2) is 17.0. The second-order valence-electron chi connectivity index (χ2n) is 14.1. The molecule has 6 rings (SSSR count). The maximum Gasteiger partial charge on any atom is 0.316 e. The Bertz CT molecular complexity index is 1820. The van der Waals surface area contributed by atoms with Crippen LogP contribution >= 0.6 is 23.2 Å². The van der Waals surface area contributed by atoms with E-state index >= 15 is 0 Å². The lowest BCUT2D eigenvalue weighted by atomic mass is 9.97. The molecule has 278 valence electrons. The number of esters is 1. The highest BCUT2D eigenvalue weighted by atomic mass is 79.9. The Hall–Kier alpha value is -3.61. The number of nitrogens with zero attached hydrogens (tertiary/aromatic N) is 4. The van der Waals surface area contributed by atoms with E-state index < -0.39 is 11.2 Å². The summed E-state index contributed by atoms with van der Waals surface area (Å²) in [6.45, 7) is 11.9. The number of aromatic nitrogens is 2. The lowest BCUT2D eigenvalue weighted by Gasteiger charge is -2.40. The van der Waals surface area contributed by atoms with Gasteiger partial charge in [0.05, 0.1) is 23.1 Å². The standard InChI is InChI=1S/C39H45Cl2N4O6.BrH/c1-28(46)44-18-20-45(21-19-44)31-8-12-32(13-9-31)48-25-34-15-22-49-39(51-34,35-14-7-30(40)23-36(35)41)26-43-17-16-42(27-43)24-29-5-10-33(11-6-29)50-37(47)38(2,3)4;/h5-14,16-17,23,27,34H,15,18-22,24-26H2,1-4H3;1H/q+1;/p-1/t34-,39-;/m0./s1. The van der Waals surface area contributed by atoms with Crippen molar-refractivity contribution in [1.82, 2.24) is 9.47 Å². The number of amides is 1. The van der Waals surface area contributed by atoms with E-state index in [2.05, 4.69) is 21.6 Å². The molecule has 0 aliphatic carbocycles. The van der Waals surface area contributed by atoms with Crippen molar-refractivity contribution in [2.45, 2.75) is 59.1 Å². The average Bonchev–Trinajstić information content (AvgIpc) is 3.54. The Kier molecular flexibility index (Phi) is 13.0. The van der Waals surface area contributed by atoms with Gasteiger partial charge >= 0.3 is 5.97 Å². The third-order valence-electron chi connectivity index (χ3n) is 9.08. The predicted molar refractivity (Wildman–Crippen MR) is 195 cm³/mol. The van der Waals surface area contributed by atoms with Crippen molar-refractivity contribution in [3.8, 4) is 11.5 Å². The fourth-order valence-electron chi connectivity index (χ4n) is 6.16. The minimum absolute atomic E-state index is 0. The Labute approximate surface area is 325 Å². The first-order valence-corrected chi connectivity index (χ1v) is 18.0. The van der Waals surface area contributed by atoms with Crippen LogP contribution in [0, 0.1) is 5.41 Å². The molecule has 13 heteroatoms. The van der Waals surface area contributed by atoms with E-state index in [-0.39, 0.29) is 35.0 Å². The molecule has 3 aromatic carbocycles. The van der Waals surface area contributed by atoms with Gasteiger partial charge in [0.2, 0.25) is 18.0 Å². The van der Waals surface area contributed by atoms with Gasteiger partial charge in [-0.1, -0.05) is 41.4 Å². The molecular formula is C39H45BrCl2N4O6. The van der Waals surface area contributed by atoms with Gasteiger partial charge in [0.1, 0.15) is 43.6 Å². The Morgan fingerprint density at radius 1 is 0.962 bits per heavy atom. The van der Waals surface area contributed by atoms with Crippen LogP contribution in [0.25, 0.3) is 0 Å². The molecule has 1 amide bonds. The average molecular weight is 817 g/mol. The monoisotopic (exact) mass is 814 g/mol. The number of imidazole rings is 1. The summed E-state index contributed by atoms with van der Waals surface area (Å²) in [7, 11) is 0. The van der Waals surface area contributed by atoms with E-state index in [1.165, 1.54) is 0 Å². The molecule has 0 unspecified atom stereocenters. The number of ether oxygens (including phenoxy) is 4. The van der Waals surface area contributed by atoms with Crippen LogP contribution in [-0.4, -0.2) is 66.8 Å². The molecule has 0 saturated carbocycles. The van der Waals surface area contributed by atoms with E-state index in [1.807, 2.05) is 91.4 Å². The van der Waals surface area contributed by atoms with Gasteiger partial charge in [0.15, 0.2) is 0 Å². The van der Waals surface area contributed by atoms with Gasteiger partial charge in [0.25, 0.3) is 0 Å². The zero-order chi connectivity index (χ0) is 36.2. The van der Waals surface area contributed by atoms with Crippen molar-refractivity contribution in [2.75, 3.05) is 44.3 Å². The lowest BCUT2D eigenvalue weighted by molar-refractivity contribution is -0.688. The summed E-state index contributed by atoms with van der Waals surface area (Å²) in [5, 5.41) is 0.979. The van der Waals surface area contributed by atoms with Crippen LogP contribution in [0.4, 0.5) is 5.69 Å². The van der Waals surface area contributed by atoms with Crippen molar-refractivity contribution < 1.29 is 50.1 Å². The normalized spacial score (nSPS) is 19.2. The Balaban J connectivity index is 0.00000523. The number of hydrogen-bond acceptors (Lipinski definition) is 7. The lowest BCUT2D eigenvalue weighted by Crippen LogP contribution is -3.00. The number of carbonyl (C=O) groups is 2. The molecule has 2 aliphatic heterocycles. The van der Waals surface area contributed by atoms with Gasteiger partial charge < -0.3 is 45.7 Å². The summed E-state index contributed by atoms with van der Waals surface area (Å²) in [5.41, 5.74) is 2.27. The van der Waals surface area contributed by atoms with Crippen LogP contribution in [0.15, 0.2) is 85.5 Å². The van der Waals surface area contributed by atoms with Crippen LogP contribution in [0.1, 0.15) is 45.2 Å². The zero-order valence-electron chi connectivity index (χ0n) is 29.9. The summed E-state index contributed by atoms with van der Waals surface area (Å²) in [4.78, 5) is 28.1. The molecule has 2 fully saturated rings.